The summed E-state index contributed by atoms with van der Waals surface area (Å²) in [7, 11) is 1.28. The fraction of sp³-hybridized carbons (Fsp3) is 0.190. The highest BCUT2D eigenvalue weighted by Gasteiger charge is 2.13. The first-order valence-corrected chi connectivity index (χ1v) is 10.7. The number of hydrogen-bond donors (Lipinski definition) is 1. The van der Waals surface area contributed by atoms with Crippen molar-refractivity contribution in [2.75, 3.05) is 20.3 Å². The van der Waals surface area contributed by atoms with Gasteiger partial charge in [0.05, 0.1) is 28.9 Å². The summed E-state index contributed by atoms with van der Waals surface area (Å²) in [4.78, 5) is 23.6. The molecule has 0 aliphatic carbocycles. The summed E-state index contributed by atoms with van der Waals surface area (Å²) >= 11 is 6.77. The number of carbonyl (C=O) groups is 2. The van der Waals surface area contributed by atoms with Gasteiger partial charge in [0.1, 0.15) is 17.1 Å². The Bertz CT molecular complexity index is 1120. The molecule has 31 heavy (non-hydrogen) atoms. The Morgan fingerprint density at radius 3 is 2.55 bits per heavy atom. The van der Waals surface area contributed by atoms with Crippen LogP contribution in [0.2, 0.25) is 0 Å². The first kappa shape index (κ1) is 22.8. The van der Waals surface area contributed by atoms with Gasteiger partial charge in [0, 0.05) is 5.39 Å². The number of esters is 1. The van der Waals surface area contributed by atoms with Gasteiger partial charge >= 0.3 is 11.9 Å². The summed E-state index contributed by atoms with van der Waals surface area (Å²) in [6.45, 7) is 2.23. The summed E-state index contributed by atoms with van der Waals surface area (Å²) in [6.07, 6.45) is 1.47. The van der Waals surface area contributed by atoms with E-state index in [-0.39, 0.29) is 12.4 Å². The number of furan rings is 1. The van der Waals surface area contributed by atoms with Gasteiger partial charge < -0.3 is 18.6 Å². The summed E-state index contributed by atoms with van der Waals surface area (Å²) in [6, 6.07) is 10.4. The fourth-order valence-electron chi connectivity index (χ4n) is 2.59. The lowest BCUT2D eigenvalue weighted by Gasteiger charge is -2.10. The second kappa shape index (κ2) is 10.5. The Kier molecular flexibility index (Phi) is 7.69. The predicted octanol–water partition coefficient (Wildman–Crippen LogP) is 4.67. The number of benzene rings is 2. The highest BCUT2D eigenvalue weighted by molar-refractivity contribution is 9.11. The molecule has 0 spiro atoms. The van der Waals surface area contributed by atoms with Gasteiger partial charge in [-0.15, -0.1) is 0 Å². The van der Waals surface area contributed by atoms with Gasteiger partial charge in [-0.1, -0.05) is 0 Å². The molecule has 1 N–H and O–H groups in total. The number of hydrogen-bond acceptors (Lipinski definition) is 7. The van der Waals surface area contributed by atoms with E-state index in [1.165, 1.54) is 13.3 Å². The Morgan fingerprint density at radius 1 is 1.13 bits per heavy atom. The smallest absolute Gasteiger partial charge is 0.343 e. The SMILES string of the molecule is CCOc1ccc2oc(C(=O)N/N=C/c3cc(Br)c(OCC(=O)OC)c(Br)c3)cc2c1. The second-order valence-electron chi connectivity index (χ2n) is 6.12. The van der Waals surface area contributed by atoms with Crippen LogP contribution in [-0.2, 0) is 9.53 Å². The molecule has 0 atom stereocenters. The van der Waals surface area contributed by atoms with Crippen molar-refractivity contribution in [2.24, 2.45) is 5.10 Å². The standard InChI is InChI=1S/C21H18Br2N2O6/c1-3-29-14-4-5-17-13(8-14)9-18(31-17)21(27)25-24-10-12-6-15(22)20(16(23)7-12)30-11-19(26)28-2/h4-10H,3,11H2,1-2H3,(H,25,27)/b24-10+. The molecule has 0 fully saturated rings. The Balaban J connectivity index is 1.66. The number of rotatable bonds is 8. The first-order chi connectivity index (χ1) is 14.9. The number of nitrogens with one attached hydrogen (secondary N) is 1. The number of fused-ring (bicyclic) bond motifs is 1. The van der Waals surface area contributed by atoms with Crippen molar-refractivity contribution in [1.82, 2.24) is 5.43 Å². The van der Waals surface area contributed by atoms with E-state index < -0.39 is 11.9 Å². The normalized spacial score (nSPS) is 11.0. The van der Waals surface area contributed by atoms with Crippen molar-refractivity contribution in [3.63, 3.8) is 0 Å². The van der Waals surface area contributed by atoms with Crippen molar-refractivity contribution in [2.45, 2.75) is 6.92 Å². The van der Waals surface area contributed by atoms with Gasteiger partial charge in [-0.25, -0.2) is 10.2 Å². The highest BCUT2D eigenvalue weighted by atomic mass is 79.9. The molecule has 3 aromatic rings. The lowest BCUT2D eigenvalue weighted by atomic mass is 10.2. The first-order valence-electron chi connectivity index (χ1n) is 9.09. The van der Waals surface area contributed by atoms with Crippen LogP contribution in [-0.4, -0.2) is 38.4 Å². The maximum absolute atomic E-state index is 12.3. The average molecular weight is 554 g/mol. The van der Waals surface area contributed by atoms with Crippen molar-refractivity contribution >= 4 is 60.9 Å². The molecule has 0 saturated carbocycles. The van der Waals surface area contributed by atoms with Crippen molar-refractivity contribution < 1.29 is 28.2 Å². The molecule has 2 aromatic carbocycles. The number of ether oxygens (including phenoxy) is 3. The lowest BCUT2D eigenvalue weighted by molar-refractivity contribution is -0.142. The molecule has 8 nitrogen and oxygen atoms in total. The van der Waals surface area contributed by atoms with Crippen molar-refractivity contribution in [3.8, 4) is 11.5 Å². The number of methoxy groups -OCH3 is 1. The zero-order valence-electron chi connectivity index (χ0n) is 16.6. The quantitative estimate of drug-likeness (QED) is 0.247. The Labute approximate surface area is 194 Å². The molecule has 0 bridgehead atoms. The van der Waals surface area contributed by atoms with E-state index in [4.69, 9.17) is 13.9 Å². The van der Waals surface area contributed by atoms with Gasteiger partial charge in [-0.05, 0) is 80.7 Å². The molecule has 0 unspecified atom stereocenters. The minimum atomic E-state index is -0.494. The van der Waals surface area contributed by atoms with Crippen LogP contribution in [0.15, 0.2) is 54.9 Å². The number of hydrazone groups is 1. The number of amides is 1. The number of halogens is 2. The zero-order valence-corrected chi connectivity index (χ0v) is 19.8. The topological polar surface area (TPSA) is 99.4 Å². The zero-order chi connectivity index (χ0) is 22.4. The molecule has 0 radical (unpaired) electrons. The molecule has 1 aromatic heterocycles. The van der Waals surface area contributed by atoms with E-state index in [1.54, 1.807) is 36.4 Å². The summed E-state index contributed by atoms with van der Waals surface area (Å²) in [5, 5.41) is 4.73. The molecule has 1 heterocycles. The largest absolute Gasteiger partial charge is 0.494 e. The van der Waals surface area contributed by atoms with Gasteiger partial charge in [-0.3, -0.25) is 4.79 Å². The van der Waals surface area contributed by atoms with Crippen LogP contribution in [0.4, 0.5) is 0 Å². The van der Waals surface area contributed by atoms with E-state index >= 15 is 0 Å². The molecule has 162 valence electrons. The van der Waals surface area contributed by atoms with Crippen LogP contribution >= 0.6 is 31.9 Å². The molecule has 0 aliphatic heterocycles. The summed E-state index contributed by atoms with van der Waals surface area (Å²) in [5.41, 5.74) is 3.69. The predicted molar refractivity (Wildman–Crippen MR) is 122 cm³/mol. The van der Waals surface area contributed by atoms with Crippen LogP contribution in [0, 0.1) is 0 Å². The third-order valence-corrected chi connectivity index (χ3v) is 5.16. The van der Waals surface area contributed by atoms with E-state index in [0.717, 1.165) is 5.39 Å². The number of carbonyl (C=O) groups excluding carboxylic acids is 2. The fourth-order valence-corrected chi connectivity index (χ4v) is 4.04. The maximum atomic E-state index is 12.3. The maximum Gasteiger partial charge on any atom is 0.343 e. The van der Waals surface area contributed by atoms with Gasteiger partial charge in [0.15, 0.2) is 12.4 Å². The van der Waals surface area contributed by atoms with Gasteiger partial charge in [0.2, 0.25) is 0 Å². The summed E-state index contributed by atoms with van der Waals surface area (Å²) < 4.78 is 22.2. The van der Waals surface area contributed by atoms with E-state index in [0.29, 0.717) is 38.2 Å². The Hall–Kier alpha value is -2.85. The van der Waals surface area contributed by atoms with E-state index in [2.05, 4.69) is 47.1 Å². The minimum absolute atomic E-state index is 0.134. The van der Waals surface area contributed by atoms with Crippen LogP contribution in [0.25, 0.3) is 11.0 Å². The molecule has 3 rings (SSSR count). The van der Waals surface area contributed by atoms with Crippen molar-refractivity contribution in [3.05, 3.63) is 56.7 Å². The summed E-state index contributed by atoms with van der Waals surface area (Å²) in [5.74, 6) is 0.305. The molecule has 0 aliphatic rings. The minimum Gasteiger partial charge on any atom is -0.494 e. The molecule has 10 heteroatoms. The van der Waals surface area contributed by atoms with Crippen LogP contribution in [0.1, 0.15) is 23.0 Å². The molecular weight excluding hydrogens is 536 g/mol. The van der Waals surface area contributed by atoms with Gasteiger partial charge in [-0.2, -0.15) is 5.10 Å². The third-order valence-electron chi connectivity index (χ3n) is 3.98. The van der Waals surface area contributed by atoms with Crippen LogP contribution in [0.5, 0.6) is 11.5 Å². The van der Waals surface area contributed by atoms with Crippen LogP contribution in [0.3, 0.4) is 0 Å². The monoisotopic (exact) mass is 552 g/mol. The highest BCUT2D eigenvalue weighted by Crippen LogP contribution is 2.34. The Morgan fingerprint density at radius 2 is 1.87 bits per heavy atom. The third kappa shape index (κ3) is 5.86. The van der Waals surface area contributed by atoms with E-state index in [9.17, 15) is 9.59 Å². The molecule has 1 amide bonds. The molecular formula is C21H18Br2N2O6. The second-order valence-corrected chi connectivity index (χ2v) is 7.83. The van der Waals surface area contributed by atoms with Crippen molar-refractivity contribution in [1.29, 1.82) is 0 Å². The van der Waals surface area contributed by atoms with E-state index in [1.807, 2.05) is 6.92 Å². The number of nitrogens with zero attached hydrogens (tertiary/aromatic N) is 1. The lowest BCUT2D eigenvalue weighted by Crippen LogP contribution is -2.16. The van der Waals surface area contributed by atoms with Gasteiger partial charge in [0.25, 0.3) is 0 Å². The van der Waals surface area contributed by atoms with Crippen LogP contribution < -0.4 is 14.9 Å². The molecule has 0 saturated heterocycles. The average Bonchev–Trinajstić information content (AvgIpc) is 3.16.